The van der Waals surface area contributed by atoms with E-state index in [2.05, 4.69) is 98.1 Å². The Hall–Kier alpha value is -1.81. The number of fused-ring (bicyclic) bond motifs is 1. The van der Waals surface area contributed by atoms with E-state index in [4.69, 9.17) is 4.52 Å². The Morgan fingerprint density at radius 3 is 2.34 bits per heavy atom. The molecule has 2 heterocycles. The third-order valence-corrected chi connectivity index (χ3v) is 8.18. The topological polar surface area (TPSA) is 15.7 Å². The lowest BCUT2D eigenvalue weighted by Gasteiger charge is -2.29. The number of anilines is 1. The summed E-state index contributed by atoms with van der Waals surface area (Å²) >= 11 is 3.75. The molecule has 2 atom stereocenters. The van der Waals surface area contributed by atoms with Crippen LogP contribution in [0.1, 0.15) is 12.8 Å². The predicted octanol–water partition coefficient (Wildman–Crippen LogP) is 6.33. The molecular formula is C23H22BBrN2OP. The Morgan fingerprint density at radius 1 is 0.897 bits per heavy atom. The first-order valence-electron chi connectivity index (χ1n) is 9.72. The van der Waals surface area contributed by atoms with E-state index in [-0.39, 0.29) is 8.41 Å². The lowest BCUT2D eigenvalue weighted by molar-refractivity contribution is 0.431. The number of hydrogen-bond donors (Lipinski definition) is 0. The van der Waals surface area contributed by atoms with Crippen LogP contribution in [0.25, 0.3) is 11.1 Å². The molecule has 0 aliphatic carbocycles. The predicted molar refractivity (Wildman–Crippen MR) is 126 cm³/mol. The number of hydrogen-bond acceptors (Lipinski definition) is 3. The molecule has 3 nitrogen and oxygen atoms in total. The van der Waals surface area contributed by atoms with E-state index < -0.39 is 8.45 Å². The molecule has 6 heteroatoms. The molecule has 0 spiro atoms. The van der Waals surface area contributed by atoms with E-state index in [1.807, 2.05) is 6.07 Å². The van der Waals surface area contributed by atoms with Crippen LogP contribution < -0.4 is 9.19 Å². The lowest BCUT2D eigenvalue weighted by atomic mass is 10.1. The van der Waals surface area contributed by atoms with Crippen LogP contribution in [-0.4, -0.2) is 32.2 Å². The van der Waals surface area contributed by atoms with E-state index in [0.717, 1.165) is 23.3 Å². The van der Waals surface area contributed by atoms with Crippen molar-refractivity contribution < 1.29 is 4.52 Å². The van der Waals surface area contributed by atoms with Crippen molar-refractivity contribution in [3.05, 3.63) is 83.3 Å². The number of halogens is 1. The van der Waals surface area contributed by atoms with Gasteiger partial charge in [0.1, 0.15) is 5.75 Å². The monoisotopic (exact) mass is 463 g/mol. The summed E-state index contributed by atoms with van der Waals surface area (Å²) in [5.74, 6) is 0.916. The zero-order valence-electron chi connectivity index (χ0n) is 16.1. The fourth-order valence-electron chi connectivity index (χ4n) is 4.02. The van der Waals surface area contributed by atoms with Gasteiger partial charge in [-0.25, -0.2) is 4.67 Å². The van der Waals surface area contributed by atoms with E-state index in [0.29, 0.717) is 6.04 Å². The van der Waals surface area contributed by atoms with Crippen LogP contribution in [-0.2, 0) is 0 Å². The number of para-hydroxylation sites is 1. The van der Waals surface area contributed by atoms with Crippen molar-refractivity contribution in [3.63, 3.8) is 0 Å². The third kappa shape index (κ3) is 4.09. The van der Waals surface area contributed by atoms with Gasteiger partial charge < -0.3 is 9.19 Å². The molecule has 2 fully saturated rings. The molecular weight excluding hydrogens is 442 g/mol. The lowest BCUT2D eigenvalue weighted by Crippen LogP contribution is -2.20. The minimum absolute atomic E-state index is 0. The molecule has 29 heavy (non-hydrogen) atoms. The fraction of sp³-hybridized carbons (Fsp3) is 0.217. The maximum atomic E-state index is 6.65. The minimum Gasteiger partial charge on any atom is -0.439 e. The van der Waals surface area contributed by atoms with E-state index in [9.17, 15) is 0 Å². The molecule has 0 unspecified atom stereocenters. The van der Waals surface area contributed by atoms with Crippen LogP contribution in [0, 0.1) is 0 Å². The van der Waals surface area contributed by atoms with Gasteiger partial charge in [0.15, 0.2) is 0 Å². The Kier molecular flexibility index (Phi) is 6.29. The number of rotatable bonds is 4. The van der Waals surface area contributed by atoms with Gasteiger partial charge in [-0.15, -0.1) is 0 Å². The average molecular weight is 464 g/mol. The largest absolute Gasteiger partial charge is 0.439 e. The highest BCUT2D eigenvalue weighted by atomic mass is 79.9. The third-order valence-electron chi connectivity index (χ3n) is 5.43. The van der Waals surface area contributed by atoms with Crippen LogP contribution >= 0.6 is 24.4 Å². The molecule has 0 bridgehead atoms. The highest BCUT2D eigenvalue weighted by molar-refractivity contribution is 9.10. The van der Waals surface area contributed by atoms with Crippen LogP contribution in [0.3, 0.4) is 0 Å². The molecule has 2 aliphatic heterocycles. The molecule has 3 radical (unpaired) electrons. The Balaban J connectivity index is 0.00000205. The average Bonchev–Trinajstić information content (AvgIpc) is 3.33. The van der Waals surface area contributed by atoms with Gasteiger partial charge in [-0.05, 0) is 64.2 Å². The van der Waals surface area contributed by atoms with Crippen LogP contribution in [0.2, 0.25) is 0 Å². The standard InChI is InChI=1S/C23H22BrN2OP.B/c24-22-16-19(18-8-3-1-4-9-18)13-14-23(22)27-28-25-15-7-12-21(25)17-26(28)20-10-5-2-6-11-20;/h1-6,8-11,13-14,16,21H,7,12,15,17H2;/t21-,28+;/m0./s1. The van der Waals surface area contributed by atoms with E-state index in [1.165, 1.54) is 29.7 Å². The molecule has 2 saturated heterocycles. The summed E-state index contributed by atoms with van der Waals surface area (Å²) in [4.78, 5) is 0. The summed E-state index contributed by atoms with van der Waals surface area (Å²) < 4.78 is 12.7. The zero-order chi connectivity index (χ0) is 18.9. The van der Waals surface area contributed by atoms with Crippen LogP contribution in [0.4, 0.5) is 5.69 Å². The second-order valence-electron chi connectivity index (χ2n) is 7.23. The van der Waals surface area contributed by atoms with Gasteiger partial charge in [0.25, 0.3) is 8.45 Å². The highest BCUT2D eigenvalue weighted by Crippen LogP contribution is 2.57. The van der Waals surface area contributed by atoms with Crippen molar-refractivity contribution in [2.24, 2.45) is 0 Å². The van der Waals surface area contributed by atoms with Crippen molar-refractivity contribution in [2.45, 2.75) is 18.9 Å². The minimum atomic E-state index is -0.845. The van der Waals surface area contributed by atoms with Crippen molar-refractivity contribution >= 4 is 38.5 Å². The zero-order valence-corrected chi connectivity index (χ0v) is 18.6. The first kappa shape index (κ1) is 20.5. The maximum Gasteiger partial charge on any atom is 0.279 e. The van der Waals surface area contributed by atoms with Gasteiger partial charge >= 0.3 is 0 Å². The number of nitrogens with zero attached hydrogens (tertiary/aromatic N) is 2. The molecule has 0 aromatic heterocycles. The number of benzene rings is 3. The van der Waals surface area contributed by atoms with E-state index >= 15 is 0 Å². The Morgan fingerprint density at radius 2 is 1.62 bits per heavy atom. The summed E-state index contributed by atoms with van der Waals surface area (Å²) in [6.45, 7) is 2.18. The van der Waals surface area contributed by atoms with Gasteiger partial charge in [-0.2, -0.15) is 0 Å². The van der Waals surface area contributed by atoms with Gasteiger partial charge in [0, 0.05) is 33.2 Å². The summed E-state index contributed by atoms with van der Waals surface area (Å²) in [6.07, 6.45) is 2.53. The molecule has 3 aromatic carbocycles. The molecule has 2 aliphatic rings. The van der Waals surface area contributed by atoms with Gasteiger partial charge in [0.2, 0.25) is 0 Å². The van der Waals surface area contributed by atoms with Crippen molar-refractivity contribution in [1.29, 1.82) is 0 Å². The maximum absolute atomic E-state index is 6.65. The quantitative estimate of drug-likeness (QED) is 0.332. The summed E-state index contributed by atoms with van der Waals surface area (Å²) in [5.41, 5.74) is 3.66. The molecule has 5 rings (SSSR count). The SMILES string of the molecule is Brc1cc(-c2ccccc2)ccc1O[P@@]1N(c2ccccc2)C[C@@H]2CCCN21.[B]. The van der Waals surface area contributed by atoms with Crippen molar-refractivity contribution in [3.8, 4) is 16.9 Å². The molecule has 3 aromatic rings. The summed E-state index contributed by atoms with van der Waals surface area (Å²) in [6, 6.07) is 28.1. The first-order chi connectivity index (χ1) is 13.8. The second kappa shape index (κ2) is 8.91. The summed E-state index contributed by atoms with van der Waals surface area (Å²) in [7, 11) is -0.845. The van der Waals surface area contributed by atoms with Crippen LogP contribution in [0.5, 0.6) is 5.75 Å². The molecule has 0 amide bonds. The molecule has 0 N–H and O–H groups in total. The van der Waals surface area contributed by atoms with Crippen molar-refractivity contribution in [1.82, 2.24) is 4.67 Å². The second-order valence-corrected chi connectivity index (χ2v) is 9.77. The summed E-state index contributed by atoms with van der Waals surface area (Å²) in [5, 5.41) is 0. The van der Waals surface area contributed by atoms with Gasteiger partial charge in [-0.1, -0.05) is 54.6 Å². The first-order valence-corrected chi connectivity index (χ1v) is 11.7. The Bertz CT molecular complexity index is 960. The fourth-order valence-corrected chi connectivity index (χ4v) is 6.86. The normalized spacial score (nSPS) is 20.9. The van der Waals surface area contributed by atoms with E-state index in [1.54, 1.807) is 0 Å². The molecule has 0 saturated carbocycles. The van der Waals surface area contributed by atoms with Gasteiger partial charge in [0.05, 0.1) is 4.47 Å². The van der Waals surface area contributed by atoms with Gasteiger partial charge in [-0.3, -0.25) is 0 Å². The molecule has 145 valence electrons. The smallest absolute Gasteiger partial charge is 0.279 e. The Labute approximate surface area is 184 Å². The van der Waals surface area contributed by atoms with Crippen LogP contribution in [0.15, 0.2) is 83.3 Å². The van der Waals surface area contributed by atoms with Crippen molar-refractivity contribution in [2.75, 3.05) is 17.8 Å². The highest BCUT2D eigenvalue weighted by Gasteiger charge is 2.45.